The number of methoxy groups -OCH3 is 1. The lowest BCUT2D eigenvalue weighted by molar-refractivity contribution is 0.0531. The Bertz CT molecular complexity index is 462. The molecule has 4 nitrogen and oxygen atoms in total. The van der Waals surface area contributed by atoms with E-state index < -0.39 is 0 Å². The van der Waals surface area contributed by atoms with Crippen LogP contribution in [0.25, 0.3) is 0 Å². The van der Waals surface area contributed by atoms with Crippen LogP contribution in [0.1, 0.15) is 31.0 Å². The summed E-state index contributed by atoms with van der Waals surface area (Å²) in [7, 11) is 5.93. The molecule has 0 bridgehead atoms. The summed E-state index contributed by atoms with van der Waals surface area (Å²) in [5.41, 5.74) is 2.77. The molecule has 0 saturated heterocycles. The maximum Gasteiger partial charge on any atom is 0.119 e. The van der Waals surface area contributed by atoms with Crippen molar-refractivity contribution >= 4 is 0 Å². The second-order valence-electron chi connectivity index (χ2n) is 6.00. The van der Waals surface area contributed by atoms with Crippen LogP contribution in [0, 0.1) is 0 Å². The van der Waals surface area contributed by atoms with Crippen LogP contribution in [0.5, 0.6) is 5.75 Å². The van der Waals surface area contributed by atoms with Gasteiger partial charge in [-0.3, -0.25) is 4.90 Å². The zero-order valence-corrected chi connectivity index (χ0v) is 13.8. The summed E-state index contributed by atoms with van der Waals surface area (Å²) in [5.74, 6) is 0.931. The molecule has 118 valence electrons. The molecule has 2 unspecified atom stereocenters. The van der Waals surface area contributed by atoms with E-state index in [1.165, 1.54) is 11.1 Å². The molecule has 1 aromatic carbocycles. The maximum atomic E-state index is 5.67. The van der Waals surface area contributed by atoms with Gasteiger partial charge in [-0.1, -0.05) is 6.07 Å². The van der Waals surface area contributed by atoms with Crippen molar-refractivity contribution in [2.45, 2.75) is 38.5 Å². The third kappa shape index (κ3) is 3.76. The van der Waals surface area contributed by atoms with E-state index in [9.17, 15) is 0 Å². The monoisotopic (exact) mass is 292 g/mol. The maximum absolute atomic E-state index is 5.67. The summed E-state index contributed by atoms with van der Waals surface area (Å²) < 4.78 is 11.0. The zero-order chi connectivity index (χ0) is 15.4. The minimum absolute atomic E-state index is 0.295. The minimum Gasteiger partial charge on any atom is -0.497 e. The molecule has 0 aliphatic heterocycles. The molecule has 0 saturated carbocycles. The van der Waals surface area contributed by atoms with Crippen molar-refractivity contribution in [3.63, 3.8) is 0 Å². The average molecular weight is 292 g/mol. The number of hydrogen-bond donors (Lipinski definition) is 1. The van der Waals surface area contributed by atoms with Crippen molar-refractivity contribution < 1.29 is 9.47 Å². The van der Waals surface area contributed by atoms with Gasteiger partial charge in [0.15, 0.2) is 0 Å². The number of rotatable bonds is 7. The van der Waals surface area contributed by atoms with Crippen LogP contribution in [0.15, 0.2) is 18.2 Å². The molecule has 2 atom stereocenters. The summed E-state index contributed by atoms with van der Waals surface area (Å²) in [5, 5.41) is 3.46. The molecule has 2 rings (SSSR count). The van der Waals surface area contributed by atoms with Gasteiger partial charge in [-0.05, 0) is 57.6 Å². The summed E-state index contributed by atoms with van der Waals surface area (Å²) >= 11 is 0. The van der Waals surface area contributed by atoms with Gasteiger partial charge in [0.2, 0.25) is 0 Å². The molecule has 0 aromatic heterocycles. The number of benzene rings is 1. The van der Waals surface area contributed by atoms with Crippen LogP contribution >= 0.6 is 0 Å². The van der Waals surface area contributed by atoms with Gasteiger partial charge in [-0.2, -0.15) is 0 Å². The largest absolute Gasteiger partial charge is 0.497 e. The van der Waals surface area contributed by atoms with Crippen LogP contribution in [0.2, 0.25) is 0 Å². The highest BCUT2D eigenvalue weighted by atomic mass is 16.5. The average Bonchev–Trinajstić information content (AvgIpc) is 2.84. The van der Waals surface area contributed by atoms with Crippen molar-refractivity contribution in [2.75, 3.05) is 34.4 Å². The summed E-state index contributed by atoms with van der Waals surface area (Å²) in [4.78, 5) is 2.40. The lowest BCUT2D eigenvalue weighted by atomic mass is 10.1. The standard InChI is InChI=1S/C17H28N2O2/c1-12(2)21-9-8-19(4)16-10-13-6-7-14(20-5)11-15(13)17(16)18-3/h6-7,11-12,16-18H,8-10H2,1-5H3. The van der Waals surface area contributed by atoms with E-state index >= 15 is 0 Å². The van der Waals surface area contributed by atoms with Crippen LogP contribution in [0.4, 0.5) is 0 Å². The van der Waals surface area contributed by atoms with E-state index in [-0.39, 0.29) is 0 Å². The van der Waals surface area contributed by atoms with Gasteiger partial charge in [-0.25, -0.2) is 0 Å². The van der Waals surface area contributed by atoms with Crippen molar-refractivity contribution in [3.05, 3.63) is 29.3 Å². The number of nitrogens with one attached hydrogen (secondary N) is 1. The highest BCUT2D eigenvalue weighted by Crippen LogP contribution is 2.36. The molecule has 0 fully saturated rings. The number of fused-ring (bicyclic) bond motifs is 1. The molecular formula is C17H28N2O2. The Morgan fingerprint density at radius 3 is 2.76 bits per heavy atom. The topological polar surface area (TPSA) is 33.7 Å². The van der Waals surface area contributed by atoms with E-state index in [0.29, 0.717) is 18.2 Å². The molecule has 1 N–H and O–H groups in total. The number of likely N-dealkylation sites (N-methyl/N-ethyl adjacent to an activating group) is 2. The van der Waals surface area contributed by atoms with Gasteiger partial charge >= 0.3 is 0 Å². The van der Waals surface area contributed by atoms with Gasteiger partial charge in [-0.15, -0.1) is 0 Å². The SMILES string of the molecule is CNC1c2cc(OC)ccc2CC1N(C)CCOC(C)C. The number of nitrogens with zero attached hydrogens (tertiary/aromatic N) is 1. The Hall–Kier alpha value is -1.10. The first-order chi connectivity index (χ1) is 10.1. The highest BCUT2D eigenvalue weighted by Gasteiger charge is 2.34. The zero-order valence-electron chi connectivity index (χ0n) is 13.8. The molecule has 1 aliphatic carbocycles. The van der Waals surface area contributed by atoms with Crippen LogP contribution in [0.3, 0.4) is 0 Å². The van der Waals surface area contributed by atoms with Gasteiger partial charge < -0.3 is 14.8 Å². The first-order valence-electron chi connectivity index (χ1n) is 7.72. The lowest BCUT2D eigenvalue weighted by Crippen LogP contribution is -2.41. The molecule has 0 spiro atoms. The summed E-state index contributed by atoms with van der Waals surface area (Å²) in [6, 6.07) is 7.22. The van der Waals surface area contributed by atoms with Crippen molar-refractivity contribution in [3.8, 4) is 5.75 Å². The molecule has 0 amide bonds. The second kappa shape index (κ2) is 7.25. The molecule has 1 aromatic rings. The Balaban J connectivity index is 2.05. The van der Waals surface area contributed by atoms with E-state index in [2.05, 4.69) is 49.3 Å². The van der Waals surface area contributed by atoms with Gasteiger partial charge in [0, 0.05) is 18.6 Å². The number of ether oxygens (including phenoxy) is 2. The van der Waals surface area contributed by atoms with Gasteiger partial charge in [0.25, 0.3) is 0 Å². The van der Waals surface area contributed by atoms with E-state index in [1.54, 1.807) is 7.11 Å². The third-order valence-corrected chi connectivity index (χ3v) is 4.27. The molecule has 21 heavy (non-hydrogen) atoms. The highest BCUT2D eigenvalue weighted by molar-refractivity contribution is 5.42. The second-order valence-corrected chi connectivity index (χ2v) is 6.00. The normalized spacial score (nSPS) is 21.1. The van der Waals surface area contributed by atoms with E-state index in [1.807, 2.05) is 7.05 Å². The fraction of sp³-hybridized carbons (Fsp3) is 0.647. The third-order valence-electron chi connectivity index (χ3n) is 4.27. The van der Waals surface area contributed by atoms with E-state index in [0.717, 1.165) is 25.3 Å². The predicted octanol–water partition coefficient (Wildman–Crippen LogP) is 2.24. The summed E-state index contributed by atoms with van der Waals surface area (Å²) in [6.45, 7) is 5.88. The van der Waals surface area contributed by atoms with Crippen LogP contribution in [-0.4, -0.2) is 51.4 Å². The Labute approximate surface area is 128 Å². The van der Waals surface area contributed by atoms with Crippen molar-refractivity contribution in [2.24, 2.45) is 0 Å². The smallest absolute Gasteiger partial charge is 0.119 e. The van der Waals surface area contributed by atoms with Crippen molar-refractivity contribution in [1.82, 2.24) is 10.2 Å². The Morgan fingerprint density at radius 1 is 1.38 bits per heavy atom. The Morgan fingerprint density at radius 2 is 2.14 bits per heavy atom. The van der Waals surface area contributed by atoms with Crippen LogP contribution in [-0.2, 0) is 11.2 Å². The first-order valence-corrected chi connectivity index (χ1v) is 7.72. The van der Waals surface area contributed by atoms with Gasteiger partial charge in [0.1, 0.15) is 5.75 Å². The quantitative estimate of drug-likeness (QED) is 0.835. The lowest BCUT2D eigenvalue weighted by Gasteiger charge is -2.30. The van der Waals surface area contributed by atoms with Gasteiger partial charge in [0.05, 0.1) is 19.8 Å². The van der Waals surface area contributed by atoms with Crippen molar-refractivity contribution in [1.29, 1.82) is 0 Å². The Kier molecular flexibility index (Phi) is 5.62. The van der Waals surface area contributed by atoms with Crippen LogP contribution < -0.4 is 10.1 Å². The minimum atomic E-state index is 0.295. The summed E-state index contributed by atoms with van der Waals surface area (Å²) in [6.07, 6.45) is 1.37. The molecule has 0 radical (unpaired) electrons. The fourth-order valence-electron chi connectivity index (χ4n) is 3.08. The molecule has 0 heterocycles. The molecule has 1 aliphatic rings. The predicted molar refractivity (Wildman–Crippen MR) is 86.0 cm³/mol. The number of hydrogen-bond acceptors (Lipinski definition) is 4. The van der Waals surface area contributed by atoms with E-state index in [4.69, 9.17) is 9.47 Å². The fourth-order valence-corrected chi connectivity index (χ4v) is 3.08. The first kappa shape index (κ1) is 16.3. The molecular weight excluding hydrogens is 264 g/mol. The molecule has 4 heteroatoms.